The van der Waals surface area contributed by atoms with Crippen molar-refractivity contribution in [3.63, 3.8) is 0 Å². The Morgan fingerprint density at radius 3 is 2.52 bits per heavy atom. The average Bonchev–Trinajstić information content (AvgIpc) is 3.33. The molecule has 1 unspecified atom stereocenters. The topological polar surface area (TPSA) is 116 Å². The van der Waals surface area contributed by atoms with Crippen molar-refractivity contribution in [2.75, 3.05) is 17.5 Å². The Kier molecular flexibility index (Phi) is 6.83. The third kappa shape index (κ3) is 7.18. The Labute approximate surface area is 160 Å². The molecule has 1 fully saturated rings. The van der Waals surface area contributed by atoms with Gasteiger partial charge >= 0.3 is 11.9 Å². The van der Waals surface area contributed by atoms with E-state index in [0.29, 0.717) is 18.1 Å². The van der Waals surface area contributed by atoms with Gasteiger partial charge in [0.25, 0.3) is 0 Å². The molecule has 0 saturated heterocycles. The highest BCUT2D eigenvalue weighted by Crippen LogP contribution is 2.34. The summed E-state index contributed by atoms with van der Waals surface area (Å²) in [6, 6.07) is 4.51. The summed E-state index contributed by atoms with van der Waals surface area (Å²) in [4.78, 5) is 23.1. The first kappa shape index (κ1) is 21.2. The molecule has 0 aromatic heterocycles. The number of hydrogen-bond donors (Lipinski definition) is 1. The van der Waals surface area contributed by atoms with Gasteiger partial charge in [-0.2, -0.15) is 0 Å². The number of hydrogen-bond acceptors (Lipinski definition) is 6. The molecule has 0 radical (unpaired) electrons. The normalized spacial score (nSPS) is 15.1. The third-order valence-electron chi connectivity index (χ3n) is 3.69. The maximum Gasteiger partial charge on any atom is 0.327 e. The SMILES string of the molecule is CC(C)(C)OC(=O)CN(c1cc(CC(=O)O)ccc1OCC1CC1)S(=O)[O-]. The summed E-state index contributed by atoms with van der Waals surface area (Å²) in [6.45, 7) is 4.95. The van der Waals surface area contributed by atoms with Crippen LogP contribution in [-0.2, 0) is 32.0 Å². The van der Waals surface area contributed by atoms with Crippen LogP contribution in [0.5, 0.6) is 5.75 Å². The third-order valence-corrected chi connectivity index (χ3v) is 4.38. The molecule has 150 valence electrons. The van der Waals surface area contributed by atoms with E-state index in [0.717, 1.165) is 17.1 Å². The standard InChI is InChI=1S/C18H25NO7S/c1-18(2,3)26-17(22)10-19(27(23)24)14-8-13(9-16(20)21)6-7-15(14)25-11-12-4-5-12/h6-8,12H,4-5,9-11H2,1-3H3,(H,20,21)(H,23,24)/p-1. The number of benzene rings is 1. The molecule has 0 aliphatic heterocycles. The van der Waals surface area contributed by atoms with E-state index >= 15 is 0 Å². The van der Waals surface area contributed by atoms with Crippen LogP contribution < -0.4 is 9.04 Å². The molecular weight excluding hydrogens is 374 g/mol. The first-order chi connectivity index (χ1) is 12.5. The van der Waals surface area contributed by atoms with Gasteiger partial charge in [-0.25, -0.2) is 0 Å². The molecule has 1 atom stereocenters. The number of carboxylic acid groups (broad SMARTS) is 1. The second kappa shape index (κ2) is 8.71. The number of rotatable bonds is 9. The lowest BCUT2D eigenvalue weighted by Gasteiger charge is -2.29. The number of esters is 1. The summed E-state index contributed by atoms with van der Waals surface area (Å²) >= 11 is -2.78. The highest BCUT2D eigenvalue weighted by Gasteiger charge is 2.25. The Morgan fingerprint density at radius 2 is 2.00 bits per heavy atom. The maximum absolute atomic E-state index is 12.1. The molecule has 1 aromatic rings. The lowest BCUT2D eigenvalue weighted by Crippen LogP contribution is -2.36. The summed E-state index contributed by atoms with van der Waals surface area (Å²) in [5, 5.41) is 8.99. The number of ether oxygens (including phenoxy) is 2. The molecule has 1 saturated carbocycles. The smallest absolute Gasteiger partial charge is 0.327 e. The van der Waals surface area contributed by atoms with E-state index in [9.17, 15) is 18.4 Å². The average molecular weight is 398 g/mol. The largest absolute Gasteiger partial charge is 0.755 e. The molecule has 0 spiro atoms. The van der Waals surface area contributed by atoms with Gasteiger partial charge in [0.1, 0.15) is 17.9 Å². The van der Waals surface area contributed by atoms with Crippen molar-refractivity contribution in [1.82, 2.24) is 0 Å². The zero-order valence-electron chi connectivity index (χ0n) is 15.6. The predicted octanol–water partition coefficient (Wildman–Crippen LogP) is 2.04. The van der Waals surface area contributed by atoms with Gasteiger partial charge < -0.3 is 19.1 Å². The molecule has 8 nitrogen and oxygen atoms in total. The predicted molar refractivity (Wildman–Crippen MR) is 98.1 cm³/mol. The molecule has 1 aliphatic carbocycles. The summed E-state index contributed by atoms with van der Waals surface area (Å²) in [5.41, 5.74) is -0.242. The fourth-order valence-corrected chi connectivity index (χ4v) is 2.88. The van der Waals surface area contributed by atoms with Crippen LogP contribution in [0.25, 0.3) is 0 Å². The highest BCUT2D eigenvalue weighted by atomic mass is 32.2. The van der Waals surface area contributed by atoms with Crippen molar-refractivity contribution in [3.8, 4) is 5.75 Å². The molecule has 0 amide bonds. The lowest BCUT2D eigenvalue weighted by atomic mass is 10.1. The first-order valence-corrected chi connectivity index (χ1v) is 9.64. The van der Waals surface area contributed by atoms with Crippen LogP contribution in [0.1, 0.15) is 39.2 Å². The van der Waals surface area contributed by atoms with Crippen LogP contribution in [0.15, 0.2) is 18.2 Å². The van der Waals surface area contributed by atoms with Crippen molar-refractivity contribution in [2.45, 2.75) is 45.6 Å². The Balaban J connectivity index is 2.29. The maximum atomic E-state index is 12.1. The summed E-state index contributed by atoms with van der Waals surface area (Å²) in [6.07, 6.45) is 1.84. The Morgan fingerprint density at radius 1 is 1.33 bits per heavy atom. The van der Waals surface area contributed by atoms with Crippen molar-refractivity contribution < 1.29 is 32.9 Å². The van der Waals surface area contributed by atoms with Crippen molar-refractivity contribution >= 4 is 28.9 Å². The van der Waals surface area contributed by atoms with E-state index in [4.69, 9.17) is 14.6 Å². The second-order valence-electron chi connectivity index (χ2n) is 7.47. The monoisotopic (exact) mass is 398 g/mol. The van der Waals surface area contributed by atoms with Crippen LogP contribution in [0.2, 0.25) is 0 Å². The Hall–Kier alpha value is -2.13. The number of anilines is 1. The van der Waals surface area contributed by atoms with Gasteiger partial charge in [0.2, 0.25) is 0 Å². The summed E-state index contributed by atoms with van der Waals surface area (Å²) < 4.78 is 35.3. The second-order valence-corrected chi connectivity index (χ2v) is 8.34. The zero-order valence-corrected chi connectivity index (χ0v) is 16.4. The van der Waals surface area contributed by atoms with Crippen LogP contribution in [0.4, 0.5) is 5.69 Å². The van der Waals surface area contributed by atoms with Gasteiger partial charge in [-0.15, -0.1) is 0 Å². The van der Waals surface area contributed by atoms with Crippen molar-refractivity contribution in [2.24, 2.45) is 5.92 Å². The van der Waals surface area contributed by atoms with Gasteiger partial charge in [0, 0.05) is 11.3 Å². The number of carbonyl (C=O) groups excluding carboxylic acids is 1. The zero-order chi connectivity index (χ0) is 20.2. The minimum atomic E-state index is -2.78. The minimum Gasteiger partial charge on any atom is -0.755 e. The molecule has 0 bridgehead atoms. The summed E-state index contributed by atoms with van der Waals surface area (Å²) in [5.74, 6) is -1.05. The van der Waals surface area contributed by atoms with E-state index in [1.807, 2.05) is 0 Å². The fourth-order valence-electron chi connectivity index (χ4n) is 2.37. The van der Waals surface area contributed by atoms with Gasteiger partial charge in [-0.05, 0) is 57.2 Å². The molecule has 2 rings (SSSR count). The van der Waals surface area contributed by atoms with Gasteiger partial charge in [0.15, 0.2) is 0 Å². The highest BCUT2D eigenvalue weighted by molar-refractivity contribution is 7.80. The quantitative estimate of drug-likeness (QED) is 0.500. The van der Waals surface area contributed by atoms with Crippen molar-refractivity contribution in [3.05, 3.63) is 23.8 Å². The molecular formula is C18H24NO7S-. The number of aliphatic carboxylic acids is 1. The fraction of sp³-hybridized carbons (Fsp3) is 0.556. The van der Waals surface area contributed by atoms with Gasteiger partial charge in [-0.1, -0.05) is 6.07 Å². The molecule has 27 heavy (non-hydrogen) atoms. The number of carbonyl (C=O) groups is 2. The van der Waals surface area contributed by atoms with Gasteiger partial charge in [-0.3, -0.25) is 18.1 Å². The molecule has 1 aromatic carbocycles. The van der Waals surface area contributed by atoms with Crippen LogP contribution >= 0.6 is 0 Å². The van der Waals surface area contributed by atoms with Crippen LogP contribution in [0.3, 0.4) is 0 Å². The van der Waals surface area contributed by atoms with Crippen molar-refractivity contribution in [1.29, 1.82) is 0 Å². The molecule has 1 aliphatic rings. The van der Waals surface area contributed by atoms with E-state index in [1.54, 1.807) is 26.8 Å². The lowest BCUT2D eigenvalue weighted by molar-refractivity contribution is -0.152. The van der Waals surface area contributed by atoms with E-state index in [1.165, 1.54) is 12.1 Å². The van der Waals surface area contributed by atoms with E-state index < -0.39 is 35.4 Å². The van der Waals surface area contributed by atoms with Crippen LogP contribution in [0, 0.1) is 5.92 Å². The summed E-state index contributed by atoms with van der Waals surface area (Å²) in [7, 11) is 0. The molecule has 1 N–H and O–H groups in total. The number of nitrogens with zero attached hydrogens (tertiary/aromatic N) is 1. The van der Waals surface area contributed by atoms with Crippen LogP contribution in [-0.4, -0.2) is 44.6 Å². The first-order valence-electron chi connectivity index (χ1n) is 8.61. The Bertz CT molecular complexity index is 725. The van der Waals surface area contributed by atoms with E-state index in [2.05, 4.69) is 0 Å². The molecule has 0 heterocycles. The molecule has 9 heteroatoms. The van der Waals surface area contributed by atoms with E-state index in [-0.39, 0.29) is 17.9 Å². The number of carboxylic acids is 1. The minimum absolute atomic E-state index is 0.119. The van der Waals surface area contributed by atoms with Gasteiger partial charge in [0.05, 0.1) is 18.7 Å².